The fourth-order valence-corrected chi connectivity index (χ4v) is 2.88. The summed E-state index contributed by atoms with van der Waals surface area (Å²) in [6, 6.07) is 10.6. The van der Waals surface area contributed by atoms with Crippen LogP contribution in [0.15, 0.2) is 36.4 Å². The van der Waals surface area contributed by atoms with Crippen molar-refractivity contribution in [2.24, 2.45) is 5.84 Å². The molecule has 1 atom stereocenters. The number of methoxy groups -OCH3 is 1. The third-order valence-electron chi connectivity index (χ3n) is 3.24. The van der Waals surface area contributed by atoms with Crippen LogP contribution >= 0.6 is 34.8 Å². The Morgan fingerprint density at radius 3 is 2.38 bits per heavy atom. The van der Waals surface area contributed by atoms with E-state index in [-0.39, 0.29) is 6.04 Å². The van der Waals surface area contributed by atoms with Crippen molar-refractivity contribution in [2.45, 2.75) is 12.5 Å². The third-order valence-corrected chi connectivity index (χ3v) is 4.19. The highest BCUT2D eigenvalue weighted by Gasteiger charge is 2.18. The average Bonchev–Trinajstić information content (AvgIpc) is 2.47. The second kappa shape index (κ2) is 7.34. The molecule has 0 heterocycles. The lowest BCUT2D eigenvalue weighted by Gasteiger charge is -2.20. The smallest absolute Gasteiger partial charge is 0.125 e. The predicted molar refractivity (Wildman–Crippen MR) is 88.2 cm³/mol. The van der Waals surface area contributed by atoms with Crippen LogP contribution in [0.5, 0.6) is 5.75 Å². The van der Waals surface area contributed by atoms with Gasteiger partial charge in [0.05, 0.1) is 13.2 Å². The molecule has 0 bridgehead atoms. The van der Waals surface area contributed by atoms with Gasteiger partial charge >= 0.3 is 0 Å². The Kier molecular flexibility index (Phi) is 5.73. The van der Waals surface area contributed by atoms with Crippen molar-refractivity contribution >= 4 is 34.8 Å². The van der Waals surface area contributed by atoms with Crippen molar-refractivity contribution < 1.29 is 4.74 Å². The van der Waals surface area contributed by atoms with Gasteiger partial charge in [0.2, 0.25) is 0 Å². The summed E-state index contributed by atoms with van der Waals surface area (Å²) in [5, 5.41) is 1.81. The van der Waals surface area contributed by atoms with Gasteiger partial charge in [0, 0.05) is 20.6 Å². The second-order valence-corrected chi connectivity index (χ2v) is 5.76. The first kappa shape index (κ1) is 16.4. The molecule has 0 amide bonds. The van der Waals surface area contributed by atoms with Gasteiger partial charge in [0.15, 0.2) is 0 Å². The topological polar surface area (TPSA) is 47.3 Å². The molecule has 0 saturated carbocycles. The fraction of sp³-hybridized carbons (Fsp3) is 0.200. The molecule has 0 aliphatic heterocycles. The highest BCUT2D eigenvalue weighted by molar-refractivity contribution is 6.36. The molecule has 0 aliphatic carbocycles. The minimum Gasteiger partial charge on any atom is -0.496 e. The van der Waals surface area contributed by atoms with Gasteiger partial charge in [-0.3, -0.25) is 11.3 Å². The van der Waals surface area contributed by atoms with E-state index in [0.717, 1.165) is 11.1 Å². The lowest BCUT2D eigenvalue weighted by atomic mass is 9.98. The molecular weight excluding hydrogens is 331 g/mol. The highest BCUT2D eigenvalue weighted by atomic mass is 35.5. The Balaban J connectivity index is 2.37. The number of halogens is 3. The summed E-state index contributed by atoms with van der Waals surface area (Å²) < 4.78 is 5.36. The average molecular weight is 346 g/mol. The van der Waals surface area contributed by atoms with E-state index >= 15 is 0 Å². The van der Waals surface area contributed by atoms with Crippen LogP contribution in [0.1, 0.15) is 17.2 Å². The first-order valence-electron chi connectivity index (χ1n) is 6.29. The molecule has 3 nitrogen and oxygen atoms in total. The molecule has 2 rings (SSSR count). The number of hydrogen-bond donors (Lipinski definition) is 2. The Morgan fingerprint density at radius 2 is 1.81 bits per heavy atom. The highest BCUT2D eigenvalue weighted by Crippen LogP contribution is 2.33. The van der Waals surface area contributed by atoms with Crippen molar-refractivity contribution in [3.05, 3.63) is 62.6 Å². The first-order valence-corrected chi connectivity index (χ1v) is 7.42. The summed E-state index contributed by atoms with van der Waals surface area (Å²) in [5.41, 5.74) is 4.50. The molecule has 2 aromatic carbocycles. The van der Waals surface area contributed by atoms with Crippen molar-refractivity contribution in [1.29, 1.82) is 0 Å². The summed E-state index contributed by atoms with van der Waals surface area (Å²) in [4.78, 5) is 0. The molecule has 6 heteroatoms. The van der Waals surface area contributed by atoms with Crippen LogP contribution in [-0.4, -0.2) is 7.11 Å². The molecule has 0 aliphatic rings. The quantitative estimate of drug-likeness (QED) is 0.623. The summed E-state index contributed by atoms with van der Waals surface area (Å²) in [6.45, 7) is 0. The summed E-state index contributed by atoms with van der Waals surface area (Å²) >= 11 is 18.4. The maximum absolute atomic E-state index is 6.21. The number of benzene rings is 2. The van der Waals surface area contributed by atoms with Gasteiger partial charge in [0.25, 0.3) is 0 Å². The van der Waals surface area contributed by atoms with Crippen LogP contribution in [0.25, 0.3) is 0 Å². The SMILES string of the molecule is COc1cc(Cl)ccc1C(Cc1c(Cl)cccc1Cl)NN. The van der Waals surface area contributed by atoms with Gasteiger partial charge in [-0.05, 0) is 36.2 Å². The lowest BCUT2D eigenvalue weighted by molar-refractivity contribution is 0.399. The van der Waals surface area contributed by atoms with Gasteiger partial charge in [-0.25, -0.2) is 0 Å². The zero-order valence-electron chi connectivity index (χ0n) is 11.4. The van der Waals surface area contributed by atoms with Crippen molar-refractivity contribution in [3.63, 3.8) is 0 Å². The summed E-state index contributed by atoms with van der Waals surface area (Å²) in [6.07, 6.45) is 0.535. The Bertz CT molecular complexity index is 614. The Labute approximate surface area is 138 Å². The fourth-order valence-electron chi connectivity index (χ4n) is 2.16. The summed E-state index contributed by atoms with van der Waals surface area (Å²) in [5.74, 6) is 6.35. The van der Waals surface area contributed by atoms with Gasteiger partial charge in [-0.1, -0.05) is 46.9 Å². The molecule has 112 valence electrons. The van der Waals surface area contributed by atoms with Crippen LogP contribution < -0.4 is 16.0 Å². The van der Waals surface area contributed by atoms with E-state index in [1.54, 1.807) is 31.4 Å². The van der Waals surface area contributed by atoms with Gasteiger partial charge < -0.3 is 4.74 Å². The van der Waals surface area contributed by atoms with Crippen LogP contribution in [0.3, 0.4) is 0 Å². The molecule has 0 radical (unpaired) electrons. The van der Waals surface area contributed by atoms with Crippen molar-refractivity contribution in [2.75, 3.05) is 7.11 Å². The largest absolute Gasteiger partial charge is 0.496 e. The van der Waals surface area contributed by atoms with Crippen molar-refractivity contribution in [1.82, 2.24) is 5.43 Å². The van der Waals surface area contributed by atoms with Crippen LogP contribution in [0.2, 0.25) is 15.1 Å². The second-order valence-electron chi connectivity index (χ2n) is 4.51. The van der Waals surface area contributed by atoms with Crippen LogP contribution in [0, 0.1) is 0 Å². The molecule has 0 spiro atoms. The number of hydrazine groups is 1. The maximum Gasteiger partial charge on any atom is 0.125 e. The lowest BCUT2D eigenvalue weighted by Crippen LogP contribution is -2.30. The molecular formula is C15H15Cl3N2O. The molecule has 0 fully saturated rings. The normalized spacial score (nSPS) is 12.2. The van der Waals surface area contributed by atoms with Crippen LogP contribution in [0.4, 0.5) is 0 Å². The van der Waals surface area contributed by atoms with E-state index in [4.69, 9.17) is 45.4 Å². The van der Waals surface area contributed by atoms with E-state index in [1.807, 2.05) is 12.1 Å². The number of nitrogens with two attached hydrogens (primary N) is 1. The molecule has 21 heavy (non-hydrogen) atoms. The third kappa shape index (κ3) is 3.82. The number of nitrogens with one attached hydrogen (secondary N) is 1. The van der Waals surface area contributed by atoms with E-state index in [0.29, 0.717) is 27.2 Å². The Hall–Kier alpha value is -0.970. The molecule has 1 unspecified atom stereocenters. The standard InChI is InChI=1S/C15H15Cl3N2O/c1-21-15-7-9(16)5-6-10(15)14(20-19)8-11-12(17)3-2-4-13(11)18/h2-7,14,20H,8,19H2,1H3. The minimum atomic E-state index is -0.199. The molecule has 2 aromatic rings. The van der Waals surface area contributed by atoms with E-state index in [9.17, 15) is 0 Å². The van der Waals surface area contributed by atoms with Crippen LogP contribution in [-0.2, 0) is 6.42 Å². The summed E-state index contributed by atoms with van der Waals surface area (Å²) in [7, 11) is 1.59. The van der Waals surface area contributed by atoms with Gasteiger partial charge in [-0.2, -0.15) is 0 Å². The van der Waals surface area contributed by atoms with Gasteiger partial charge in [0.1, 0.15) is 5.75 Å². The van der Waals surface area contributed by atoms with Crippen molar-refractivity contribution in [3.8, 4) is 5.75 Å². The minimum absolute atomic E-state index is 0.199. The molecule has 0 saturated heterocycles. The van der Waals surface area contributed by atoms with E-state index < -0.39 is 0 Å². The van der Waals surface area contributed by atoms with E-state index in [2.05, 4.69) is 5.43 Å². The Morgan fingerprint density at radius 1 is 1.14 bits per heavy atom. The zero-order chi connectivity index (χ0) is 15.4. The molecule has 0 aromatic heterocycles. The number of rotatable bonds is 5. The first-order chi connectivity index (χ1) is 10.1. The van der Waals surface area contributed by atoms with Gasteiger partial charge in [-0.15, -0.1) is 0 Å². The zero-order valence-corrected chi connectivity index (χ0v) is 13.6. The number of hydrogen-bond acceptors (Lipinski definition) is 3. The molecule has 3 N–H and O–H groups in total. The predicted octanol–water partition coefficient (Wildman–Crippen LogP) is 4.40. The van der Waals surface area contributed by atoms with E-state index in [1.165, 1.54) is 0 Å². The monoisotopic (exact) mass is 344 g/mol. The number of ether oxygens (including phenoxy) is 1. The maximum atomic E-state index is 6.21.